The van der Waals surface area contributed by atoms with Gasteiger partial charge < -0.3 is 23.1 Å². The summed E-state index contributed by atoms with van der Waals surface area (Å²) >= 11 is 0. The largest absolute Gasteiger partial charge is 0.411 e. The van der Waals surface area contributed by atoms with Crippen molar-refractivity contribution < 1.29 is 23.1 Å². The number of aliphatic hydroxyl groups is 1. The van der Waals surface area contributed by atoms with Crippen molar-refractivity contribution in [3.63, 3.8) is 0 Å². The van der Waals surface area contributed by atoms with Gasteiger partial charge in [-0.25, -0.2) is 0 Å². The molecule has 1 N–H and O–H groups in total. The highest BCUT2D eigenvalue weighted by atomic mass is 28.4. The van der Waals surface area contributed by atoms with Crippen LogP contribution in [-0.2, 0) is 18.0 Å². The molecule has 1 aliphatic heterocycles. The molecule has 1 rings (SSSR count). The van der Waals surface area contributed by atoms with Gasteiger partial charge in [-0.05, 0) is 86.5 Å². The number of rotatable bonds is 19. The molecule has 5 atom stereocenters. The highest BCUT2D eigenvalue weighted by Crippen LogP contribution is 2.43. The van der Waals surface area contributed by atoms with Gasteiger partial charge in [-0.1, -0.05) is 113 Å². The molecule has 0 saturated carbocycles. The molecule has 46 heavy (non-hydrogen) atoms. The van der Waals surface area contributed by atoms with Crippen molar-refractivity contribution in [2.24, 2.45) is 0 Å². The zero-order chi connectivity index (χ0) is 35.6. The number of ether oxygens (including phenoxy) is 1. The second kappa shape index (κ2) is 18.2. The van der Waals surface area contributed by atoms with E-state index in [2.05, 4.69) is 133 Å². The van der Waals surface area contributed by atoms with Gasteiger partial charge in [0.2, 0.25) is 0 Å². The second-order valence-corrected chi connectivity index (χ2v) is 32.7. The zero-order valence-electron chi connectivity index (χ0n) is 33.3. The lowest BCUT2D eigenvalue weighted by molar-refractivity contribution is -0.0226. The average molecular weight is 699 g/mol. The maximum Gasteiger partial charge on any atom is 0.193 e. The number of unbranched alkanes of at least 4 members (excludes halogenated alkanes) is 4. The summed E-state index contributed by atoms with van der Waals surface area (Å²) in [7, 11) is -6.08. The fourth-order valence-electron chi connectivity index (χ4n) is 4.90. The van der Waals surface area contributed by atoms with Crippen molar-refractivity contribution in [3.05, 3.63) is 24.3 Å². The van der Waals surface area contributed by atoms with Crippen molar-refractivity contribution >= 4 is 25.0 Å². The van der Waals surface area contributed by atoms with Crippen molar-refractivity contribution in [2.75, 3.05) is 6.61 Å². The molecule has 0 aliphatic carbocycles. The summed E-state index contributed by atoms with van der Waals surface area (Å²) < 4.78 is 28.3. The molecule has 272 valence electrons. The quantitative estimate of drug-likeness (QED) is 0.0826. The first kappa shape index (κ1) is 44.0. The summed E-state index contributed by atoms with van der Waals surface area (Å²) in [6.45, 7) is 37.5. The molecule has 0 amide bonds. The van der Waals surface area contributed by atoms with E-state index in [-0.39, 0.29) is 52.2 Å². The Morgan fingerprint density at radius 1 is 0.739 bits per heavy atom. The van der Waals surface area contributed by atoms with Crippen molar-refractivity contribution in [3.8, 4) is 0 Å². The molecule has 0 bridgehead atoms. The third-order valence-corrected chi connectivity index (χ3v) is 24.7. The summed E-state index contributed by atoms with van der Waals surface area (Å²) in [6.07, 6.45) is 18.2. The van der Waals surface area contributed by atoms with Gasteiger partial charge in [0.15, 0.2) is 25.0 Å². The van der Waals surface area contributed by atoms with E-state index in [1.807, 2.05) is 0 Å². The Bertz CT molecular complexity index is 924. The van der Waals surface area contributed by atoms with E-state index in [0.717, 1.165) is 38.5 Å². The minimum atomic E-state index is -2.11. The molecule has 1 fully saturated rings. The monoisotopic (exact) mass is 699 g/mol. The van der Waals surface area contributed by atoms with Gasteiger partial charge in [0, 0.05) is 13.0 Å². The van der Waals surface area contributed by atoms with Crippen LogP contribution in [0.3, 0.4) is 0 Å². The molecule has 8 heteroatoms. The van der Waals surface area contributed by atoms with Crippen LogP contribution in [0.25, 0.3) is 0 Å². The average Bonchev–Trinajstić information content (AvgIpc) is 3.27. The summed E-state index contributed by atoms with van der Waals surface area (Å²) in [5, 5.41) is 9.53. The molecular weight excluding hydrogens is 621 g/mol. The predicted octanol–water partition coefficient (Wildman–Crippen LogP) is 11.6. The van der Waals surface area contributed by atoms with Crippen molar-refractivity contribution in [2.45, 2.75) is 212 Å². The molecule has 0 spiro atoms. The standard InChI is InChI=1S/C38H78O5Si3/c1-17-18-22-25-31(41-44(11,12)36(2,3)4)27-28-33(42-45(13,14)37(5,6)7)34-30-35(43-46(15,16)38(8,9)10)32(40-34)26-23-20-19-21-24-29-39/h20,23,27-28,31-35,39H,17-19,21-22,24-26,29-30H2,1-16H3/b23-20-,28-27+/t31-,32-,33+,34-,35-/m0/s1. The lowest BCUT2D eigenvalue weighted by Gasteiger charge is -2.40. The first-order chi connectivity index (χ1) is 20.9. The summed E-state index contributed by atoms with van der Waals surface area (Å²) in [6, 6.07) is 0. The minimum absolute atomic E-state index is 0.00374. The Balaban J connectivity index is 3.47. The highest BCUT2D eigenvalue weighted by molar-refractivity contribution is 6.75. The van der Waals surface area contributed by atoms with Crippen LogP contribution >= 0.6 is 0 Å². The molecule has 0 unspecified atom stereocenters. The van der Waals surface area contributed by atoms with Gasteiger partial charge in [0.05, 0.1) is 30.5 Å². The normalized spacial score (nSPS) is 22.3. The fourth-order valence-corrected chi connectivity index (χ4v) is 8.83. The molecule has 0 aromatic rings. The van der Waals surface area contributed by atoms with Gasteiger partial charge in [-0.2, -0.15) is 0 Å². The van der Waals surface area contributed by atoms with Crippen LogP contribution in [0.15, 0.2) is 24.3 Å². The third kappa shape index (κ3) is 14.0. The Hall–Kier alpha value is -0.0694. The maximum absolute atomic E-state index is 9.16. The van der Waals surface area contributed by atoms with Crippen LogP contribution in [0, 0.1) is 0 Å². The highest BCUT2D eigenvalue weighted by Gasteiger charge is 2.48. The molecular formula is C38H78O5Si3. The fraction of sp³-hybridized carbons (Fsp3) is 0.895. The van der Waals surface area contributed by atoms with Gasteiger partial charge in [0.25, 0.3) is 0 Å². The second-order valence-electron chi connectivity index (χ2n) is 18.4. The molecule has 0 aromatic heterocycles. The van der Waals surface area contributed by atoms with E-state index in [0.29, 0.717) is 0 Å². The van der Waals surface area contributed by atoms with E-state index in [9.17, 15) is 0 Å². The van der Waals surface area contributed by atoms with Gasteiger partial charge in [-0.15, -0.1) is 0 Å². The Morgan fingerprint density at radius 2 is 1.30 bits per heavy atom. The van der Waals surface area contributed by atoms with E-state index < -0.39 is 25.0 Å². The first-order valence-corrected chi connectivity index (χ1v) is 27.2. The molecule has 5 nitrogen and oxygen atoms in total. The van der Waals surface area contributed by atoms with E-state index in [1.165, 1.54) is 19.3 Å². The minimum Gasteiger partial charge on any atom is -0.411 e. The van der Waals surface area contributed by atoms with Crippen LogP contribution < -0.4 is 0 Å². The van der Waals surface area contributed by atoms with Crippen LogP contribution in [-0.4, -0.2) is 67.2 Å². The van der Waals surface area contributed by atoms with Crippen LogP contribution in [0.2, 0.25) is 54.4 Å². The first-order valence-electron chi connectivity index (χ1n) is 18.5. The number of allylic oxidation sites excluding steroid dienone is 1. The van der Waals surface area contributed by atoms with Gasteiger partial charge >= 0.3 is 0 Å². The number of aliphatic hydroxyl groups excluding tert-OH is 1. The van der Waals surface area contributed by atoms with E-state index in [4.69, 9.17) is 23.1 Å². The SMILES string of the molecule is CCCCC[C@@H](/C=C/[C@@H](O[Si](C)(C)C(C)(C)C)[C@@H]1C[C@H](O[Si](C)(C)C(C)(C)C)[C@H](C/C=C\CCCCO)O1)O[Si](C)(C)C(C)(C)C. The summed E-state index contributed by atoms with van der Waals surface area (Å²) in [5.41, 5.74) is 0. The Morgan fingerprint density at radius 3 is 1.83 bits per heavy atom. The van der Waals surface area contributed by atoms with E-state index in [1.54, 1.807) is 0 Å². The van der Waals surface area contributed by atoms with E-state index >= 15 is 0 Å². The molecule has 0 aromatic carbocycles. The third-order valence-electron chi connectivity index (χ3n) is 11.3. The lowest BCUT2D eigenvalue weighted by Crippen LogP contribution is -2.47. The van der Waals surface area contributed by atoms with Gasteiger partial charge in [-0.3, -0.25) is 0 Å². The Kier molecular flexibility index (Phi) is 17.4. The number of hydrogen-bond donors (Lipinski definition) is 1. The topological polar surface area (TPSA) is 57.2 Å². The van der Waals surface area contributed by atoms with Gasteiger partial charge in [0.1, 0.15) is 0 Å². The van der Waals surface area contributed by atoms with Crippen LogP contribution in [0.1, 0.15) is 127 Å². The molecule has 0 radical (unpaired) electrons. The maximum atomic E-state index is 9.16. The summed E-state index contributed by atoms with van der Waals surface area (Å²) in [4.78, 5) is 0. The Labute approximate surface area is 290 Å². The zero-order valence-corrected chi connectivity index (χ0v) is 36.3. The number of hydrogen-bond acceptors (Lipinski definition) is 5. The molecule has 1 aliphatic rings. The molecule has 1 heterocycles. The van der Waals surface area contributed by atoms with Crippen molar-refractivity contribution in [1.29, 1.82) is 0 Å². The summed E-state index contributed by atoms with van der Waals surface area (Å²) in [5.74, 6) is 0. The van der Waals surface area contributed by atoms with Crippen LogP contribution in [0.4, 0.5) is 0 Å². The van der Waals surface area contributed by atoms with Crippen molar-refractivity contribution in [1.82, 2.24) is 0 Å². The lowest BCUT2D eigenvalue weighted by atomic mass is 10.0. The predicted molar refractivity (Wildman–Crippen MR) is 207 cm³/mol. The van der Waals surface area contributed by atoms with Crippen LogP contribution in [0.5, 0.6) is 0 Å². The molecule has 1 saturated heterocycles. The smallest absolute Gasteiger partial charge is 0.193 e.